The summed E-state index contributed by atoms with van der Waals surface area (Å²) in [5, 5.41) is 11.1. The molecule has 0 aromatic heterocycles. The molecule has 8 heteroatoms. The van der Waals surface area contributed by atoms with E-state index in [-0.39, 0.29) is 29.8 Å². The molecule has 1 unspecified atom stereocenters. The van der Waals surface area contributed by atoms with Crippen LogP contribution in [0.1, 0.15) is 109 Å². The summed E-state index contributed by atoms with van der Waals surface area (Å²) in [7, 11) is -4.92. The van der Waals surface area contributed by atoms with Gasteiger partial charge in [-0.25, -0.2) is 9.36 Å². The van der Waals surface area contributed by atoms with Gasteiger partial charge in [-0.1, -0.05) is 82.6 Å². The molecule has 0 spiro atoms. The average Bonchev–Trinajstić information content (AvgIpc) is 2.79. The average molecular weight is 537 g/mol. The Morgan fingerprint density at radius 3 is 2.43 bits per heavy atom. The second kappa shape index (κ2) is 14.9. The van der Waals surface area contributed by atoms with Crippen molar-refractivity contribution in [2.75, 3.05) is 0 Å². The minimum absolute atomic E-state index is 0.0410. The normalized spacial score (nSPS) is 18.8. The zero-order valence-electron chi connectivity index (χ0n) is 22.9. The van der Waals surface area contributed by atoms with Crippen molar-refractivity contribution >= 4 is 13.8 Å². The Bertz CT molecular complexity index is 994. The maximum atomic E-state index is 13.2. The monoisotopic (exact) mass is 536 g/mol. The molecule has 0 saturated carbocycles. The Hall–Kier alpha value is -1.92. The fourth-order valence-corrected chi connectivity index (χ4v) is 5.61. The van der Waals surface area contributed by atoms with Crippen LogP contribution in [0.5, 0.6) is 11.5 Å². The number of rotatable bonds is 15. The Morgan fingerprint density at radius 1 is 1.14 bits per heavy atom. The Morgan fingerprint density at radius 2 is 1.81 bits per heavy atom. The molecule has 2 rings (SSSR count). The van der Waals surface area contributed by atoms with E-state index in [0.717, 1.165) is 62.5 Å². The van der Waals surface area contributed by atoms with Gasteiger partial charge in [0.25, 0.3) is 0 Å². The van der Waals surface area contributed by atoms with Crippen molar-refractivity contribution in [2.24, 2.45) is 5.92 Å². The van der Waals surface area contributed by atoms with Crippen LogP contribution in [-0.2, 0) is 20.3 Å². The second-order valence-corrected chi connectivity index (χ2v) is 11.6. The van der Waals surface area contributed by atoms with E-state index in [1.807, 2.05) is 20.8 Å². The number of carbonyl (C=O) groups excluding carboxylic acids is 1. The third-order valence-corrected chi connectivity index (χ3v) is 7.52. The molecule has 0 heterocycles. The fraction of sp³-hybridized carbons (Fsp3) is 0.621. The number of unbranched alkanes of at least 4 members (excludes halogenated alkanes) is 5. The molecule has 7 nitrogen and oxygen atoms in total. The number of phenolic OH excluding ortho intramolecular Hbond substituents is 1. The van der Waals surface area contributed by atoms with E-state index in [1.54, 1.807) is 12.1 Å². The molecule has 1 aromatic rings. The van der Waals surface area contributed by atoms with Crippen molar-refractivity contribution in [3.63, 3.8) is 0 Å². The van der Waals surface area contributed by atoms with Gasteiger partial charge in [-0.15, -0.1) is 0 Å². The Kier molecular flexibility index (Phi) is 12.6. The van der Waals surface area contributed by atoms with Crippen LogP contribution in [0, 0.1) is 5.92 Å². The third kappa shape index (κ3) is 10.0. The number of benzene rings is 1. The first-order valence-electron chi connectivity index (χ1n) is 13.6. The number of phosphoric ester groups is 1. The lowest BCUT2D eigenvalue weighted by Gasteiger charge is -2.32. The van der Waals surface area contributed by atoms with Crippen molar-refractivity contribution < 1.29 is 33.5 Å². The van der Waals surface area contributed by atoms with E-state index in [4.69, 9.17) is 9.26 Å². The zero-order chi connectivity index (χ0) is 27.6. The van der Waals surface area contributed by atoms with Crippen molar-refractivity contribution in [3.8, 4) is 11.5 Å². The summed E-state index contributed by atoms with van der Waals surface area (Å²) in [6, 6.07) is 3.46. The van der Waals surface area contributed by atoms with Crippen molar-refractivity contribution in [1.82, 2.24) is 0 Å². The number of aromatic hydroxyl groups is 1. The highest BCUT2D eigenvalue weighted by molar-refractivity contribution is 7.46. The highest BCUT2D eigenvalue weighted by atomic mass is 31.2. The molecule has 0 saturated heterocycles. The molecule has 0 amide bonds. The lowest BCUT2D eigenvalue weighted by atomic mass is 9.73. The van der Waals surface area contributed by atoms with Crippen LogP contribution in [0.15, 0.2) is 35.9 Å². The number of hydrogen-bond acceptors (Lipinski definition) is 5. The van der Waals surface area contributed by atoms with Crippen molar-refractivity contribution in [2.45, 2.75) is 110 Å². The molecule has 0 fully saturated rings. The van der Waals surface area contributed by atoms with E-state index in [9.17, 15) is 24.3 Å². The number of allylic oxidation sites excluding steroid dienone is 3. The van der Waals surface area contributed by atoms with Crippen LogP contribution in [0.2, 0.25) is 0 Å². The summed E-state index contributed by atoms with van der Waals surface area (Å²) in [4.78, 5) is 32.1. The number of hydrogen-bond donors (Lipinski definition) is 3. The second-order valence-electron chi connectivity index (χ2n) is 10.4. The van der Waals surface area contributed by atoms with Gasteiger partial charge in [-0.3, -0.25) is 4.52 Å². The first-order valence-corrected chi connectivity index (χ1v) is 15.1. The fourth-order valence-electron chi connectivity index (χ4n) is 5.09. The van der Waals surface area contributed by atoms with E-state index in [1.165, 1.54) is 5.57 Å². The molecule has 1 aliphatic rings. The Balaban J connectivity index is 2.38. The van der Waals surface area contributed by atoms with Crippen LogP contribution in [0.25, 0.3) is 0 Å². The number of carbonyl (C=O) groups is 1. The first kappa shape index (κ1) is 31.3. The quantitative estimate of drug-likeness (QED) is 0.0699. The van der Waals surface area contributed by atoms with Gasteiger partial charge >= 0.3 is 13.8 Å². The molecule has 1 aliphatic carbocycles. The summed E-state index contributed by atoms with van der Waals surface area (Å²) in [6.45, 7) is 12.3. The summed E-state index contributed by atoms with van der Waals surface area (Å²) >= 11 is 0. The number of aryl methyl sites for hydroxylation is 1. The molecule has 0 aliphatic heterocycles. The first-order chi connectivity index (χ1) is 17.5. The molecule has 37 heavy (non-hydrogen) atoms. The van der Waals surface area contributed by atoms with Crippen LogP contribution >= 0.6 is 7.82 Å². The van der Waals surface area contributed by atoms with Crippen molar-refractivity contribution in [3.05, 3.63) is 47.1 Å². The molecule has 0 radical (unpaired) electrons. The number of esters is 1. The molecule has 0 bridgehead atoms. The predicted molar refractivity (Wildman–Crippen MR) is 147 cm³/mol. The molecule has 1 aromatic carbocycles. The van der Waals surface area contributed by atoms with E-state index >= 15 is 0 Å². The van der Waals surface area contributed by atoms with E-state index in [2.05, 4.69) is 19.6 Å². The van der Waals surface area contributed by atoms with Crippen LogP contribution in [0.4, 0.5) is 0 Å². The SMILES string of the molecule is C=C(C)[C@@H]1CCC(C)=C[C@H]1c1c(O)cc(CCC)cc1OC(=O)C(CCCCCCCC)OP(=O)(O)O. The van der Waals surface area contributed by atoms with E-state index in [0.29, 0.717) is 18.4 Å². The molecule has 3 N–H and O–H groups in total. The molecular weight excluding hydrogens is 491 g/mol. The van der Waals surface area contributed by atoms with Gasteiger partial charge in [0, 0.05) is 11.5 Å². The number of phosphoric acid groups is 1. The summed E-state index contributed by atoms with van der Waals surface area (Å²) in [5.41, 5.74) is 3.48. The lowest BCUT2D eigenvalue weighted by molar-refractivity contribution is -0.143. The molecular formula is C29H45O7P. The standard InChI is InChI=1S/C29H45O7P/c1-6-8-9-10-11-12-14-26(36-37(32,33)34)29(31)35-27-19-22(13-7-2)18-25(30)28(27)24-17-21(5)15-16-23(24)20(3)4/h17-19,23-24,26,30H,3,6-16H2,1-2,4-5H3,(H2,32,33,34)/t23-,24+,26?/m0/s1. The lowest BCUT2D eigenvalue weighted by Crippen LogP contribution is -2.29. The Labute approximate surface area is 222 Å². The molecule has 208 valence electrons. The van der Waals surface area contributed by atoms with E-state index < -0.39 is 19.9 Å². The maximum Gasteiger partial charge on any atom is 0.470 e. The smallest absolute Gasteiger partial charge is 0.470 e. The topological polar surface area (TPSA) is 113 Å². The third-order valence-electron chi connectivity index (χ3n) is 6.99. The maximum absolute atomic E-state index is 13.2. The van der Waals surface area contributed by atoms with Crippen LogP contribution in [-0.4, -0.2) is 27.0 Å². The van der Waals surface area contributed by atoms with Gasteiger partial charge in [0.15, 0.2) is 6.10 Å². The number of phenols is 1. The van der Waals surface area contributed by atoms with Gasteiger partial charge in [-0.2, -0.15) is 0 Å². The highest BCUT2D eigenvalue weighted by Gasteiger charge is 2.34. The summed E-state index contributed by atoms with van der Waals surface area (Å²) in [6.07, 6.45) is 9.87. The van der Waals surface area contributed by atoms with Gasteiger partial charge in [0.2, 0.25) is 0 Å². The largest absolute Gasteiger partial charge is 0.507 e. The van der Waals surface area contributed by atoms with Gasteiger partial charge in [-0.05, 0) is 63.1 Å². The summed E-state index contributed by atoms with van der Waals surface area (Å²) in [5.74, 6) is -0.786. The van der Waals surface area contributed by atoms with Crippen LogP contribution in [0.3, 0.4) is 0 Å². The van der Waals surface area contributed by atoms with Crippen LogP contribution < -0.4 is 4.74 Å². The highest BCUT2D eigenvalue weighted by Crippen LogP contribution is 2.47. The van der Waals surface area contributed by atoms with Crippen molar-refractivity contribution in [1.29, 1.82) is 0 Å². The predicted octanol–water partition coefficient (Wildman–Crippen LogP) is 7.49. The minimum atomic E-state index is -4.92. The number of ether oxygens (including phenoxy) is 1. The zero-order valence-corrected chi connectivity index (χ0v) is 23.8. The van der Waals surface area contributed by atoms with Gasteiger partial charge < -0.3 is 19.6 Å². The van der Waals surface area contributed by atoms with Gasteiger partial charge in [0.05, 0.1) is 0 Å². The minimum Gasteiger partial charge on any atom is -0.507 e. The molecule has 3 atom stereocenters. The summed E-state index contributed by atoms with van der Waals surface area (Å²) < 4.78 is 22.3. The van der Waals surface area contributed by atoms with Gasteiger partial charge in [0.1, 0.15) is 11.5 Å².